The van der Waals surface area contributed by atoms with E-state index in [4.69, 9.17) is 0 Å². The fourth-order valence-corrected chi connectivity index (χ4v) is 4.35. The molecular formula is C11H11N3O2S2. The van der Waals surface area contributed by atoms with E-state index in [2.05, 4.69) is 10.3 Å². The number of hydrogen-bond acceptors (Lipinski definition) is 6. The molecule has 0 radical (unpaired) electrons. The first-order chi connectivity index (χ1) is 8.72. The van der Waals surface area contributed by atoms with Crippen molar-refractivity contribution in [3.05, 3.63) is 28.3 Å². The zero-order valence-corrected chi connectivity index (χ0v) is 11.1. The Bertz CT molecular complexity index is 593. The number of non-ortho nitro benzene ring substituents is 1. The lowest BCUT2D eigenvalue weighted by Crippen LogP contribution is -2.09. The quantitative estimate of drug-likeness (QED) is 0.692. The number of thiazole rings is 1. The van der Waals surface area contributed by atoms with Crippen LogP contribution in [0.5, 0.6) is 0 Å². The zero-order chi connectivity index (χ0) is 12.5. The standard InChI is InChI=1S/C11H11N3O2S2/c15-14(16)7-1-2-10-9(5-7)13-11(18-10)17-8-3-4-12-6-8/h1-2,5,8,12H,3-4,6H2. The number of hydrogen-bond donors (Lipinski definition) is 1. The predicted molar refractivity (Wildman–Crippen MR) is 73.4 cm³/mol. The first-order valence-electron chi connectivity index (χ1n) is 5.65. The van der Waals surface area contributed by atoms with Crippen molar-refractivity contribution in [2.75, 3.05) is 13.1 Å². The number of nitro groups is 1. The maximum atomic E-state index is 10.7. The molecule has 1 atom stereocenters. The van der Waals surface area contributed by atoms with Gasteiger partial charge in [-0.25, -0.2) is 4.98 Å². The minimum Gasteiger partial charge on any atom is -0.316 e. The Morgan fingerprint density at radius 3 is 3.17 bits per heavy atom. The van der Waals surface area contributed by atoms with Crippen molar-refractivity contribution in [3.8, 4) is 0 Å². The van der Waals surface area contributed by atoms with Crippen LogP contribution in [0.1, 0.15) is 6.42 Å². The van der Waals surface area contributed by atoms with Gasteiger partial charge in [0.15, 0.2) is 4.34 Å². The third-order valence-electron chi connectivity index (χ3n) is 2.84. The van der Waals surface area contributed by atoms with E-state index in [0.29, 0.717) is 5.25 Å². The molecule has 1 fully saturated rings. The van der Waals surface area contributed by atoms with Gasteiger partial charge in [-0.2, -0.15) is 0 Å². The minimum atomic E-state index is -0.382. The van der Waals surface area contributed by atoms with Gasteiger partial charge in [0, 0.05) is 23.9 Å². The molecule has 1 aromatic heterocycles. The van der Waals surface area contributed by atoms with Crippen LogP contribution in [0.15, 0.2) is 22.5 Å². The molecule has 1 unspecified atom stereocenters. The summed E-state index contributed by atoms with van der Waals surface area (Å²) in [5.74, 6) is 0. The zero-order valence-electron chi connectivity index (χ0n) is 9.46. The van der Waals surface area contributed by atoms with Crippen LogP contribution in [0.4, 0.5) is 5.69 Å². The summed E-state index contributed by atoms with van der Waals surface area (Å²) in [4.78, 5) is 14.8. The van der Waals surface area contributed by atoms with Gasteiger partial charge in [0.2, 0.25) is 0 Å². The van der Waals surface area contributed by atoms with Gasteiger partial charge in [0.05, 0.1) is 15.1 Å². The lowest BCUT2D eigenvalue weighted by atomic mass is 10.3. The SMILES string of the molecule is O=[N+]([O-])c1ccc2sc(SC3CCNC3)nc2c1. The van der Waals surface area contributed by atoms with Gasteiger partial charge in [-0.05, 0) is 19.0 Å². The summed E-state index contributed by atoms with van der Waals surface area (Å²) >= 11 is 3.37. The maximum Gasteiger partial charge on any atom is 0.271 e. The monoisotopic (exact) mass is 281 g/mol. The summed E-state index contributed by atoms with van der Waals surface area (Å²) < 4.78 is 2.01. The summed E-state index contributed by atoms with van der Waals surface area (Å²) in [6.07, 6.45) is 1.15. The highest BCUT2D eigenvalue weighted by atomic mass is 32.2. The smallest absolute Gasteiger partial charge is 0.271 e. The van der Waals surface area contributed by atoms with E-state index in [1.807, 2.05) is 0 Å². The molecule has 2 aromatic rings. The molecule has 1 aliphatic heterocycles. The molecule has 0 amide bonds. The minimum absolute atomic E-state index is 0.104. The Balaban J connectivity index is 1.87. The van der Waals surface area contributed by atoms with E-state index in [1.165, 1.54) is 6.07 Å². The first-order valence-corrected chi connectivity index (χ1v) is 7.34. The van der Waals surface area contributed by atoms with Crippen LogP contribution in [0.25, 0.3) is 10.2 Å². The van der Waals surface area contributed by atoms with E-state index in [1.54, 1.807) is 35.2 Å². The molecule has 94 valence electrons. The maximum absolute atomic E-state index is 10.7. The highest BCUT2D eigenvalue weighted by Crippen LogP contribution is 2.34. The number of nitrogens with one attached hydrogen (secondary N) is 1. The summed E-state index contributed by atoms with van der Waals surface area (Å²) in [7, 11) is 0. The number of aromatic nitrogens is 1. The lowest BCUT2D eigenvalue weighted by Gasteiger charge is -2.02. The molecule has 1 aromatic carbocycles. The molecule has 0 saturated carbocycles. The second-order valence-electron chi connectivity index (χ2n) is 4.12. The van der Waals surface area contributed by atoms with Crippen LogP contribution >= 0.6 is 23.1 Å². The van der Waals surface area contributed by atoms with Crippen LogP contribution in [-0.2, 0) is 0 Å². The molecule has 0 spiro atoms. The van der Waals surface area contributed by atoms with E-state index in [0.717, 1.165) is 34.1 Å². The number of thioether (sulfide) groups is 1. The van der Waals surface area contributed by atoms with Gasteiger partial charge < -0.3 is 5.32 Å². The molecule has 5 nitrogen and oxygen atoms in total. The average molecular weight is 281 g/mol. The van der Waals surface area contributed by atoms with E-state index >= 15 is 0 Å². The molecule has 2 heterocycles. The molecule has 1 N–H and O–H groups in total. The van der Waals surface area contributed by atoms with Gasteiger partial charge >= 0.3 is 0 Å². The number of rotatable bonds is 3. The van der Waals surface area contributed by atoms with Crippen molar-refractivity contribution < 1.29 is 4.92 Å². The number of nitrogens with zero attached hydrogens (tertiary/aromatic N) is 2. The van der Waals surface area contributed by atoms with Crippen molar-refractivity contribution in [2.24, 2.45) is 0 Å². The van der Waals surface area contributed by atoms with Gasteiger partial charge in [0.25, 0.3) is 5.69 Å². The Morgan fingerprint density at radius 2 is 2.44 bits per heavy atom. The molecule has 0 aliphatic carbocycles. The van der Waals surface area contributed by atoms with Crippen molar-refractivity contribution in [1.82, 2.24) is 10.3 Å². The molecule has 1 aliphatic rings. The largest absolute Gasteiger partial charge is 0.316 e. The Kier molecular flexibility index (Phi) is 3.19. The number of fused-ring (bicyclic) bond motifs is 1. The summed E-state index contributed by atoms with van der Waals surface area (Å²) in [5.41, 5.74) is 0.828. The van der Waals surface area contributed by atoms with E-state index in [9.17, 15) is 10.1 Å². The molecule has 3 rings (SSSR count). The van der Waals surface area contributed by atoms with E-state index < -0.39 is 0 Å². The first kappa shape index (κ1) is 11.9. The van der Waals surface area contributed by atoms with Crippen molar-refractivity contribution in [1.29, 1.82) is 0 Å². The summed E-state index contributed by atoms with van der Waals surface area (Å²) in [5, 5.41) is 14.6. The molecule has 0 bridgehead atoms. The normalized spacial score (nSPS) is 19.4. The van der Waals surface area contributed by atoms with E-state index in [-0.39, 0.29) is 10.6 Å². The van der Waals surface area contributed by atoms with Gasteiger partial charge in [-0.15, -0.1) is 11.3 Å². The summed E-state index contributed by atoms with van der Waals surface area (Å²) in [6.45, 7) is 2.08. The molecule has 18 heavy (non-hydrogen) atoms. The van der Waals surface area contributed by atoms with Crippen LogP contribution in [0, 0.1) is 10.1 Å². The van der Waals surface area contributed by atoms with Crippen LogP contribution in [0.3, 0.4) is 0 Å². The fourth-order valence-electron chi connectivity index (χ4n) is 1.93. The third kappa shape index (κ3) is 2.33. The molecule has 1 saturated heterocycles. The van der Waals surface area contributed by atoms with Crippen molar-refractivity contribution >= 4 is 39.0 Å². The number of nitro benzene ring substituents is 1. The molecular weight excluding hydrogens is 270 g/mol. The average Bonchev–Trinajstić information content (AvgIpc) is 2.96. The Labute approximate surface area is 112 Å². The second kappa shape index (κ2) is 4.83. The fraction of sp³-hybridized carbons (Fsp3) is 0.364. The van der Waals surface area contributed by atoms with Crippen LogP contribution in [-0.4, -0.2) is 28.2 Å². The van der Waals surface area contributed by atoms with Gasteiger partial charge in [-0.1, -0.05) is 11.8 Å². The van der Waals surface area contributed by atoms with Crippen molar-refractivity contribution in [2.45, 2.75) is 16.0 Å². The van der Waals surface area contributed by atoms with Crippen LogP contribution in [0.2, 0.25) is 0 Å². The number of benzene rings is 1. The Morgan fingerprint density at radius 1 is 1.56 bits per heavy atom. The predicted octanol–water partition coefficient (Wildman–Crippen LogP) is 2.66. The lowest BCUT2D eigenvalue weighted by molar-refractivity contribution is -0.384. The highest BCUT2D eigenvalue weighted by molar-refractivity contribution is 8.01. The highest BCUT2D eigenvalue weighted by Gasteiger charge is 2.18. The van der Waals surface area contributed by atoms with Crippen molar-refractivity contribution in [3.63, 3.8) is 0 Å². The van der Waals surface area contributed by atoms with Crippen LogP contribution < -0.4 is 5.32 Å². The summed E-state index contributed by atoms with van der Waals surface area (Å²) in [6, 6.07) is 4.86. The third-order valence-corrected chi connectivity index (χ3v) is 5.24. The topological polar surface area (TPSA) is 68.1 Å². The second-order valence-corrected chi connectivity index (χ2v) is 6.70. The van der Waals surface area contributed by atoms with Gasteiger partial charge in [-0.3, -0.25) is 10.1 Å². The van der Waals surface area contributed by atoms with Gasteiger partial charge in [0.1, 0.15) is 0 Å². The molecule has 7 heteroatoms. The Hall–Kier alpha value is -1.18.